The van der Waals surface area contributed by atoms with E-state index in [1.165, 1.54) is 16.9 Å². The molecule has 0 aliphatic heterocycles. The van der Waals surface area contributed by atoms with Gasteiger partial charge in [0.1, 0.15) is 4.88 Å². The van der Waals surface area contributed by atoms with Crippen molar-refractivity contribution >= 4 is 49.8 Å². The first-order valence-corrected chi connectivity index (χ1v) is 11.6. The van der Waals surface area contributed by atoms with Crippen molar-refractivity contribution in [2.24, 2.45) is 5.92 Å². The zero-order chi connectivity index (χ0) is 21.3. The molecule has 30 heavy (non-hydrogen) atoms. The fourth-order valence-electron chi connectivity index (χ4n) is 3.61. The number of carbonyl (C=O) groups excluding carboxylic acids is 1. The second-order valence-electron chi connectivity index (χ2n) is 7.96. The minimum Gasteiger partial charge on any atom is -0.351 e. The Bertz CT molecular complexity index is 1210. The molecular formula is C25H25ClN2OS. The Labute approximate surface area is 186 Å². The second-order valence-corrected chi connectivity index (χ2v) is 9.41. The summed E-state index contributed by atoms with van der Waals surface area (Å²) in [5, 5.41) is 5.75. The van der Waals surface area contributed by atoms with Crippen molar-refractivity contribution in [1.29, 1.82) is 0 Å². The van der Waals surface area contributed by atoms with Gasteiger partial charge in [0.05, 0.1) is 5.52 Å². The number of nitrogens with zero attached hydrogens (tertiary/aromatic N) is 1. The van der Waals surface area contributed by atoms with E-state index in [1.807, 2.05) is 24.4 Å². The summed E-state index contributed by atoms with van der Waals surface area (Å²) in [4.78, 5) is 18.5. The van der Waals surface area contributed by atoms with Gasteiger partial charge in [0.15, 0.2) is 0 Å². The zero-order valence-electron chi connectivity index (χ0n) is 17.5. The number of halogens is 1. The van der Waals surface area contributed by atoms with Crippen molar-refractivity contribution in [3.05, 3.63) is 64.1 Å². The lowest BCUT2D eigenvalue weighted by atomic mass is 9.99. The highest BCUT2D eigenvalue weighted by molar-refractivity contribution is 7.22. The molecular weight excluding hydrogens is 412 g/mol. The molecule has 0 fully saturated rings. The average molecular weight is 437 g/mol. The van der Waals surface area contributed by atoms with Crippen LogP contribution in [0.1, 0.15) is 42.4 Å². The molecule has 4 rings (SSSR count). The molecule has 5 heteroatoms. The van der Waals surface area contributed by atoms with Crippen LogP contribution in [-0.4, -0.2) is 17.4 Å². The number of aryl methyl sites for hydroxylation is 1. The van der Waals surface area contributed by atoms with Crippen molar-refractivity contribution in [2.45, 2.75) is 33.6 Å². The summed E-state index contributed by atoms with van der Waals surface area (Å²) < 4.78 is 1.05. The monoisotopic (exact) mass is 436 g/mol. The van der Waals surface area contributed by atoms with E-state index >= 15 is 0 Å². The van der Waals surface area contributed by atoms with E-state index in [-0.39, 0.29) is 5.91 Å². The van der Waals surface area contributed by atoms with Crippen LogP contribution in [0.5, 0.6) is 0 Å². The van der Waals surface area contributed by atoms with E-state index < -0.39 is 0 Å². The molecule has 0 unspecified atom stereocenters. The Morgan fingerprint density at radius 2 is 1.90 bits per heavy atom. The topological polar surface area (TPSA) is 42.0 Å². The summed E-state index contributed by atoms with van der Waals surface area (Å²) in [5.41, 5.74) is 4.15. The molecule has 0 aliphatic rings. The molecule has 0 bridgehead atoms. The molecule has 0 saturated heterocycles. The highest BCUT2D eigenvalue weighted by atomic mass is 35.5. The summed E-state index contributed by atoms with van der Waals surface area (Å²) in [7, 11) is 0. The van der Waals surface area contributed by atoms with Gasteiger partial charge in [-0.3, -0.25) is 9.78 Å². The maximum absolute atomic E-state index is 13.2. The van der Waals surface area contributed by atoms with Crippen LogP contribution in [0.4, 0.5) is 0 Å². The molecule has 4 aromatic rings. The van der Waals surface area contributed by atoms with E-state index in [1.54, 1.807) is 0 Å². The number of nitrogens with one attached hydrogen (secondary N) is 1. The van der Waals surface area contributed by atoms with Crippen LogP contribution in [0.2, 0.25) is 5.02 Å². The predicted octanol–water partition coefficient (Wildman–Crippen LogP) is 7.11. The van der Waals surface area contributed by atoms with Crippen LogP contribution >= 0.6 is 22.9 Å². The Balaban J connectivity index is 1.89. The Kier molecular flexibility index (Phi) is 6.07. The van der Waals surface area contributed by atoms with Gasteiger partial charge in [0, 0.05) is 38.8 Å². The number of hydrogen-bond donors (Lipinski definition) is 1. The third-order valence-electron chi connectivity index (χ3n) is 5.35. The number of amides is 1. The lowest BCUT2D eigenvalue weighted by Gasteiger charge is -2.09. The molecule has 2 aromatic carbocycles. The zero-order valence-corrected chi connectivity index (χ0v) is 19.0. The quantitative estimate of drug-likeness (QED) is 0.350. The Hall–Kier alpha value is -2.43. The van der Waals surface area contributed by atoms with Gasteiger partial charge < -0.3 is 5.32 Å². The fraction of sp³-hybridized carbons (Fsp3) is 0.280. The van der Waals surface area contributed by atoms with Crippen molar-refractivity contribution < 1.29 is 4.79 Å². The van der Waals surface area contributed by atoms with Crippen molar-refractivity contribution in [3.63, 3.8) is 0 Å². The van der Waals surface area contributed by atoms with Crippen LogP contribution in [0, 0.1) is 5.92 Å². The maximum Gasteiger partial charge on any atom is 0.262 e. The van der Waals surface area contributed by atoms with E-state index in [9.17, 15) is 4.79 Å². The number of aromatic nitrogens is 1. The number of carbonyl (C=O) groups is 1. The van der Waals surface area contributed by atoms with Crippen molar-refractivity contribution in [3.8, 4) is 11.1 Å². The minimum absolute atomic E-state index is 0.0263. The number of pyridine rings is 1. The normalized spacial score (nSPS) is 11.5. The fourth-order valence-corrected chi connectivity index (χ4v) is 5.02. The third kappa shape index (κ3) is 4.07. The smallest absolute Gasteiger partial charge is 0.262 e. The minimum atomic E-state index is -0.0263. The molecule has 1 N–H and O–H groups in total. The molecule has 2 aromatic heterocycles. The molecule has 0 aliphatic carbocycles. The average Bonchev–Trinajstić information content (AvgIpc) is 3.13. The summed E-state index contributed by atoms with van der Waals surface area (Å²) >= 11 is 7.80. The highest BCUT2D eigenvalue weighted by Gasteiger charge is 2.21. The molecule has 0 radical (unpaired) electrons. The summed E-state index contributed by atoms with van der Waals surface area (Å²) in [6.07, 6.45) is 3.82. The van der Waals surface area contributed by atoms with Gasteiger partial charge in [0.2, 0.25) is 0 Å². The van der Waals surface area contributed by atoms with Gasteiger partial charge in [0.25, 0.3) is 5.91 Å². The molecule has 154 valence electrons. The molecule has 0 atom stereocenters. The predicted molar refractivity (Wildman–Crippen MR) is 129 cm³/mol. The summed E-state index contributed by atoms with van der Waals surface area (Å²) in [6, 6.07) is 14.2. The molecule has 0 saturated carbocycles. The van der Waals surface area contributed by atoms with Gasteiger partial charge in [-0.15, -0.1) is 11.3 Å². The van der Waals surface area contributed by atoms with E-state index in [0.717, 1.165) is 49.8 Å². The molecule has 2 heterocycles. The highest BCUT2D eigenvalue weighted by Crippen LogP contribution is 2.42. The van der Waals surface area contributed by atoms with Gasteiger partial charge in [-0.2, -0.15) is 0 Å². The molecule has 0 spiro atoms. The lowest BCUT2D eigenvalue weighted by molar-refractivity contribution is 0.0956. The number of hydrogen-bond acceptors (Lipinski definition) is 3. The third-order valence-corrected chi connectivity index (χ3v) is 6.82. The molecule has 1 amide bonds. The van der Waals surface area contributed by atoms with Crippen LogP contribution in [-0.2, 0) is 6.42 Å². The van der Waals surface area contributed by atoms with Crippen LogP contribution in [0.25, 0.3) is 32.1 Å². The number of thiophene rings is 1. The van der Waals surface area contributed by atoms with Gasteiger partial charge in [-0.05, 0) is 48.1 Å². The second kappa shape index (κ2) is 8.75. The summed E-state index contributed by atoms with van der Waals surface area (Å²) in [5.74, 6) is 0.519. The van der Waals surface area contributed by atoms with Gasteiger partial charge >= 0.3 is 0 Å². The lowest BCUT2D eigenvalue weighted by Crippen LogP contribution is -2.24. The van der Waals surface area contributed by atoms with Crippen LogP contribution < -0.4 is 5.32 Å². The first kappa shape index (κ1) is 20.8. The summed E-state index contributed by atoms with van der Waals surface area (Å²) in [6.45, 7) is 7.13. The van der Waals surface area contributed by atoms with E-state index in [0.29, 0.717) is 17.5 Å². The first-order chi connectivity index (χ1) is 14.5. The largest absolute Gasteiger partial charge is 0.351 e. The van der Waals surface area contributed by atoms with E-state index in [2.05, 4.69) is 55.3 Å². The van der Waals surface area contributed by atoms with Crippen LogP contribution in [0.3, 0.4) is 0 Å². The SMILES string of the molecule is CCc1ccc(-c2c(C(=O)NCCC(C)C)sc3c2cnc2ccc(Cl)cc23)cc1. The van der Waals surface area contributed by atoms with Crippen molar-refractivity contribution in [2.75, 3.05) is 6.54 Å². The van der Waals surface area contributed by atoms with Crippen molar-refractivity contribution in [1.82, 2.24) is 10.3 Å². The maximum atomic E-state index is 13.2. The standard InChI is InChI=1S/C25H25ClN2OS/c1-4-16-5-7-17(8-6-16)22-20-14-28-21-10-9-18(26)13-19(21)23(20)30-24(22)25(29)27-12-11-15(2)3/h5-10,13-15H,4,11-12H2,1-3H3,(H,27,29). The van der Waals surface area contributed by atoms with Crippen LogP contribution in [0.15, 0.2) is 48.7 Å². The molecule has 3 nitrogen and oxygen atoms in total. The van der Waals surface area contributed by atoms with Gasteiger partial charge in [-0.25, -0.2) is 0 Å². The number of fused-ring (bicyclic) bond motifs is 3. The number of rotatable bonds is 6. The van der Waals surface area contributed by atoms with E-state index in [4.69, 9.17) is 11.6 Å². The Morgan fingerprint density at radius 1 is 1.13 bits per heavy atom. The Morgan fingerprint density at radius 3 is 2.60 bits per heavy atom. The number of benzene rings is 2. The van der Waals surface area contributed by atoms with Gasteiger partial charge in [-0.1, -0.05) is 56.6 Å². The first-order valence-electron chi connectivity index (χ1n) is 10.4.